The van der Waals surface area contributed by atoms with Crippen LogP contribution in [0.15, 0.2) is 43.5 Å². The van der Waals surface area contributed by atoms with Gasteiger partial charge in [0.25, 0.3) is 0 Å². The van der Waals surface area contributed by atoms with Crippen LogP contribution in [0.4, 0.5) is 18.0 Å². The summed E-state index contributed by atoms with van der Waals surface area (Å²) in [6, 6.07) is 3.14. The molecule has 0 heterocycles. The highest BCUT2D eigenvalue weighted by Gasteiger charge is 2.29. The molecule has 1 aromatic rings. The van der Waals surface area contributed by atoms with Crippen LogP contribution in [0.3, 0.4) is 0 Å². The summed E-state index contributed by atoms with van der Waals surface area (Å²) in [5, 5.41) is 2.23. The first-order chi connectivity index (χ1) is 12.6. The highest BCUT2D eigenvalue weighted by atomic mass is 32.2. The van der Waals surface area contributed by atoms with Gasteiger partial charge in [0.05, 0.1) is 11.9 Å². The van der Waals surface area contributed by atoms with Crippen molar-refractivity contribution in [3.05, 3.63) is 49.1 Å². The van der Waals surface area contributed by atoms with Crippen molar-refractivity contribution in [2.24, 2.45) is 0 Å². The van der Waals surface area contributed by atoms with E-state index in [1.165, 1.54) is 18.2 Å². The molecule has 0 saturated heterocycles. The van der Waals surface area contributed by atoms with Gasteiger partial charge in [0.2, 0.25) is 0 Å². The third kappa shape index (κ3) is 9.35. The molecule has 0 bridgehead atoms. The number of amides is 2. The van der Waals surface area contributed by atoms with E-state index in [0.717, 1.165) is 12.2 Å². The van der Waals surface area contributed by atoms with Gasteiger partial charge in [-0.1, -0.05) is 13.2 Å². The number of carbonyl (C=O) groups excluding carboxylic acids is 3. The molecule has 7 nitrogen and oxygen atoms in total. The summed E-state index contributed by atoms with van der Waals surface area (Å²) in [4.78, 5) is 33.9. The lowest BCUT2D eigenvalue weighted by molar-refractivity contribution is -0.129. The van der Waals surface area contributed by atoms with Crippen LogP contribution in [0.2, 0.25) is 0 Å². The number of esters is 2. The summed E-state index contributed by atoms with van der Waals surface area (Å²) in [5.74, 6) is -1.37. The highest BCUT2D eigenvalue weighted by Crippen LogP contribution is 2.27. The molecule has 0 fully saturated rings. The van der Waals surface area contributed by atoms with E-state index < -0.39 is 35.4 Å². The fraction of sp³-hybridized carbons (Fsp3) is 0.188. The number of hydrogen-bond acceptors (Lipinski definition) is 6. The first kappa shape index (κ1) is 22.1. The zero-order chi connectivity index (χ0) is 20.4. The number of urea groups is 1. The van der Waals surface area contributed by atoms with E-state index in [-0.39, 0.29) is 24.5 Å². The van der Waals surface area contributed by atoms with Gasteiger partial charge >= 0.3 is 23.5 Å². The van der Waals surface area contributed by atoms with Gasteiger partial charge in [-0.15, -0.1) is 0 Å². The molecule has 0 unspecified atom stereocenters. The van der Waals surface area contributed by atoms with Crippen molar-refractivity contribution in [3.8, 4) is 11.5 Å². The number of hydrogen-bond donors (Lipinski definition) is 2. The van der Waals surface area contributed by atoms with Crippen LogP contribution in [0, 0.1) is 0 Å². The molecule has 0 radical (unpaired) electrons. The lowest BCUT2D eigenvalue weighted by Crippen LogP contribution is -2.34. The Morgan fingerprint density at radius 2 is 1.56 bits per heavy atom. The molecule has 0 aliphatic rings. The van der Waals surface area contributed by atoms with Crippen LogP contribution in [-0.4, -0.2) is 30.0 Å². The Balaban J connectivity index is 2.75. The lowest BCUT2D eigenvalue weighted by Gasteiger charge is -2.11. The third-order valence-corrected chi connectivity index (χ3v) is 3.19. The predicted octanol–water partition coefficient (Wildman–Crippen LogP) is 2.88. The summed E-state index contributed by atoms with van der Waals surface area (Å²) in [6.07, 6.45) is 2.03. The molecule has 0 aliphatic heterocycles. The van der Waals surface area contributed by atoms with Gasteiger partial charge in [-0.3, -0.25) is 4.72 Å². The van der Waals surface area contributed by atoms with Crippen molar-refractivity contribution in [2.45, 2.75) is 11.9 Å². The zero-order valence-corrected chi connectivity index (χ0v) is 14.6. The maximum atomic E-state index is 12.0. The smallest absolute Gasteiger partial charge is 0.423 e. The molecule has 2 N–H and O–H groups in total. The topological polar surface area (TPSA) is 93.7 Å². The van der Waals surface area contributed by atoms with Crippen LogP contribution in [0.5, 0.6) is 11.5 Å². The molecular formula is C16H15F3N2O5S. The largest absolute Gasteiger partial charge is 0.461 e. The molecule has 0 aromatic heterocycles. The van der Waals surface area contributed by atoms with Crippen LogP contribution in [-0.2, 0) is 16.0 Å². The minimum atomic E-state index is -4.59. The fourth-order valence-corrected chi connectivity index (χ4v) is 1.95. The number of halogens is 3. The summed E-state index contributed by atoms with van der Waals surface area (Å²) in [5.41, 5.74) is -4.11. The average Bonchev–Trinajstić information content (AvgIpc) is 2.59. The molecule has 0 atom stereocenters. The Morgan fingerprint density at radius 3 is 2.00 bits per heavy atom. The molecule has 146 valence electrons. The normalized spacial score (nSPS) is 10.5. The predicted molar refractivity (Wildman–Crippen MR) is 92.0 cm³/mol. The van der Waals surface area contributed by atoms with Gasteiger partial charge in [-0.25, -0.2) is 14.4 Å². The highest BCUT2D eigenvalue weighted by molar-refractivity contribution is 7.98. The minimum absolute atomic E-state index is 0.0298. The van der Waals surface area contributed by atoms with Crippen molar-refractivity contribution < 1.29 is 37.0 Å². The van der Waals surface area contributed by atoms with E-state index in [0.29, 0.717) is 5.56 Å². The number of carbonyl (C=O) groups is 3. The van der Waals surface area contributed by atoms with Crippen molar-refractivity contribution in [1.82, 2.24) is 10.0 Å². The van der Waals surface area contributed by atoms with Crippen LogP contribution >= 0.6 is 11.9 Å². The Kier molecular flexibility index (Phi) is 8.39. The van der Waals surface area contributed by atoms with E-state index >= 15 is 0 Å². The van der Waals surface area contributed by atoms with Crippen LogP contribution in [0.25, 0.3) is 0 Å². The number of nitrogens with one attached hydrogen (secondary N) is 2. The van der Waals surface area contributed by atoms with Crippen molar-refractivity contribution >= 4 is 29.9 Å². The molecule has 0 spiro atoms. The Bertz CT molecular complexity index is 697. The van der Waals surface area contributed by atoms with Gasteiger partial charge in [-0.05, 0) is 24.1 Å². The van der Waals surface area contributed by atoms with E-state index in [1.54, 1.807) is 4.72 Å². The molecule has 0 aliphatic carbocycles. The summed E-state index contributed by atoms with van der Waals surface area (Å²) < 4.78 is 47.4. The minimum Gasteiger partial charge on any atom is -0.423 e. The Labute approximate surface area is 156 Å². The maximum absolute atomic E-state index is 12.0. The molecule has 27 heavy (non-hydrogen) atoms. The number of rotatable bonds is 8. The second-order valence-corrected chi connectivity index (χ2v) is 5.59. The van der Waals surface area contributed by atoms with E-state index in [2.05, 4.69) is 18.5 Å². The summed E-state index contributed by atoms with van der Waals surface area (Å²) >= 11 is -0.684. The van der Waals surface area contributed by atoms with Crippen molar-refractivity contribution in [1.29, 1.82) is 0 Å². The Morgan fingerprint density at radius 1 is 1.04 bits per heavy atom. The number of ether oxygens (including phenoxy) is 2. The van der Waals surface area contributed by atoms with E-state index in [9.17, 15) is 27.6 Å². The van der Waals surface area contributed by atoms with Gasteiger partial charge in [0.1, 0.15) is 11.5 Å². The maximum Gasteiger partial charge on any atom is 0.461 e. The van der Waals surface area contributed by atoms with Gasteiger partial charge < -0.3 is 14.8 Å². The van der Waals surface area contributed by atoms with Crippen molar-refractivity contribution in [2.75, 3.05) is 6.54 Å². The quantitative estimate of drug-likeness (QED) is 0.300. The fourth-order valence-electron chi connectivity index (χ4n) is 1.67. The number of benzene rings is 1. The van der Waals surface area contributed by atoms with Gasteiger partial charge in [0.15, 0.2) is 0 Å². The average molecular weight is 404 g/mol. The van der Waals surface area contributed by atoms with Gasteiger partial charge in [-0.2, -0.15) is 13.2 Å². The third-order valence-electron chi connectivity index (χ3n) is 2.67. The second kappa shape index (κ2) is 10.3. The second-order valence-electron chi connectivity index (χ2n) is 4.72. The number of alkyl halides is 3. The Hall–Kier alpha value is -2.95. The molecule has 0 saturated carbocycles. The molecule has 1 aromatic carbocycles. The molecular weight excluding hydrogens is 389 g/mol. The molecule has 11 heteroatoms. The standard InChI is InChI=1S/C16H15F3N2O5S/c1-3-13(22)25-11-7-10(8-12(9-11)26-14(23)4-2)5-6-20-15(24)21-27-16(17,18)19/h3-4,7-9H,1-2,5-6H2,(H2,20,21,24). The zero-order valence-electron chi connectivity index (χ0n) is 13.8. The summed E-state index contributed by atoms with van der Waals surface area (Å²) in [7, 11) is 0. The lowest BCUT2D eigenvalue weighted by atomic mass is 10.1. The van der Waals surface area contributed by atoms with E-state index in [1.807, 2.05) is 0 Å². The van der Waals surface area contributed by atoms with E-state index in [4.69, 9.17) is 9.47 Å². The monoisotopic (exact) mass is 404 g/mol. The molecule has 2 amide bonds. The van der Waals surface area contributed by atoms with Crippen LogP contribution < -0.4 is 19.5 Å². The first-order valence-electron chi connectivity index (χ1n) is 7.24. The molecule has 1 rings (SSSR count). The SMILES string of the molecule is C=CC(=O)Oc1cc(CCNC(=O)NSC(F)(F)F)cc(OC(=O)C=C)c1. The van der Waals surface area contributed by atoms with Crippen molar-refractivity contribution in [3.63, 3.8) is 0 Å². The van der Waals surface area contributed by atoms with Crippen LogP contribution in [0.1, 0.15) is 5.56 Å². The first-order valence-corrected chi connectivity index (χ1v) is 8.05. The van der Waals surface area contributed by atoms with Gasteiger partial charge in [0, 0.05) is 24.8 Å². The summed E-state index contributed by atoms with van der Waals surface area (Å²) in [6.45, 7) is 6.48.